The zero-order valence-electron chi connectivity index (χ0n) is 14.4. The molecule has 2 fully saturated rings. The van der Waals surface area contributed by atoms with Crippen LogP contribution in [0, 0.1) is 17.3 Å². The van der Waals surface area contributed by atoms with Crippen LogP contribution in [-0.2, 0) is 12.8 Å². The van der Waals surface area contributed by atoms with Gasteiger partial charge in [0.25, 0.3) is 0 Å². The summed E-state index contributed by atoms with van der Waals surface area (Å²) in [5.74, 6) is 1.81. The van der Waals surface area contributed by atoms with Crippen molar-refractivity contribution in [2.75, 3.05) is 0 Å². The fourth-order valence-electron chi connectivity index (χ4n) is 5.96. The molecule has 0 unspecified atom stereocenters. The standard InChI is InChI=1S/C21H28O3/c1-3-4-13-9-16-12(10-18(13)22)5-6-15-14(16)7-8-21(2)17(15)11-19(23)20(21)24/h3,9-10,14-15,17,19-20,22-24H,1,4-8,11H2,2H3/t14-,15+,17-,19+,20-,21-/m0/s1. The first-order chi connectivity index (χ1) is 11.5. The molecule has 3 aliphatic rings. The third-order valence-electron chi connectivity index (χ3n) is 7.26. The Hall–Kier alpha value is -1.32. The largest absolute Gasteiger partial charge is 0.508 e. The average molecular weight is 328 g/mol. The maximum Gasteiger partial charge on any atom is 0.119 e. The van der Waals surface area contributed by atoms with Crippen LogP contribution in [-0.4, -0.2) is 27.5 Å². The van der Waals surface area contributed by atoms with E-state index in [0.717, 1.165) is 37.7 Å². The number of aliphatic hydroxyl groups is 2. The Bertz CT molecular complexity index is 667. The van der Waals surface area contributed by atoms with Crippen molar-refractivity contribution in [3.05, 3.63) is 41.5 Å². The summed E-state index contributed by atoms with van der Waals surface area (Å²) >= 11 is 0. The first kappa shape index (κ1) is 16.2. The molecule has 3 nitrogen and oxygen atoms in total. The molecule has 0 amide bonds. The Kier molecular flexibility index (Phi) is 3.77. The molecule has 0 bridgehead atoms. The Morgan fingerprint density at radius 3 is 2.83 bits per heavy atom. The van der Waals surface area contributed by atoms with Crippen LogP contribution in [0.2, 0.25) is 0 Å². The predicted molar refractivity (Wildman–Crippen MR) is 94.0 cm³/mol. The number of hydrogen-bond donors (Lipinski definition) is 3. The predicted octanol–water partition coefficient (Wildman–Crippen LogP) is 3.31. The van der Waals surface area contributed by atoms with Crippen LogP contribution in [0.3, 0.4) is 0 Å². The number of fused-ring (bicyclic) bond motifs is 5. The summed E-state index contributed by atoms with van der Waals surface area (Å²) in [6.45, 7) is 5.96. The highest BCUT2D eigenvalue weighted by Gasteiger charge is 2.57. The van der Waals surface area contributed by atoms with E-state index in [1.165, 1.54) is 11.1 Å². The number of allylic oxidation sites excluding steroid dienone is 1. The van der Waals surface area contributed by atoms with Gasteiger partial charge in [0.2, 0.25) is 0 Å². The molecule has 6 atom stereocenters. The first-order valence-electron chi connectivity index (χ1n) is 9.27. The zero-order valence-corrected chi connectivity index (χ0v) is 14.4. The van der Waals surface area contributed by atoms with Gasteiger partial charge >= 0.3 is 0 Å². The van der Waals surface area contributed by atoms with Gasteiger partial charge in [-0.15, -0.1) is 6.58 Å². The van der Waals surface area contributed by atoms with Crippen LogP contribution in [0.4, 0.5) is 0 Å². The molecular formula is C21H28O3. The van der Waals surface area contributed by atoms with E-state index >= 15 is 0 Å². The van der Waals surface area contributed by atoms with Crippen molar-refractivity contribution in [2.24, 2.45) is 17.3 Å². The highest BCUT2D eigenvalue weighted by atomic mass is 16.3. The van der Waals surface area contributed by atoms with E-state index in [-0.39, 0.29) is 5.41 Å². The molecule has 4 rings (SSSR count). The second-order valence-corrected chi connectivity index (χ2v) is 8.38. The summed E-state index contributed by atoms with van der Waals surface area (Å²) < 4.78 is 0. The van der Waals surface area contributed by atoms with Gasteiger partial charge in [0.05, 0.1) is 12.2 Å². The van der Waals surface area contributed by atoms with E-state index in [1.807, 2.05) is 12.1 Å². The van der Waals surface area contributed by atoms with Gasteiger partial charge in [0.1, 0.15) is 5.75 Å². The number of phenols is 1. The summed E-state index contributed by atoms with van der Waals surface area (Å²) in [6.07, 6.45) is 6.21. The van der Waals surface area contributed by atoms with E-state index in [0.29, 0.717) is 29.9 Å². The molecule has 0 radical (unpaired) electrons. The minimum absolute atomic E-state index is 0.140. The second kappa shape index (κ2) is 5.60. The minimum Gasteiger partial charge on any atom is -0.508 e. The van der Waals surface area contributed by atoms with E-state index < -0.39 is 12.2 Å². The monoisotopic (exact) mass is 328 g/mol. The molecule has 0 aromatic heterocycles. The zero-order chi connectivity index (χ0) is 17.1. The van der Waals surface area contributed by atoms with Gasteiger partial charge in [0, 0.05) is 0 Å². The lowest BCUT2D eigenvalue weighted by Gasteiger charge is -2.50. The van der Waals surface area contributed by atoms with E-state index in [4.69, 9.17) is 0 Å². The smallest absolute Gasteiger partial charge is 0.119 e. The maximum atomic E-state index is 10.5. The maximum absolute atomic E-state index is 10.5. The van der Waals surface area contributed by atoms with Crippen LogP contribution in [0.15, 0.2) is 24.8 Å². The van der Waals surface area contributed by atoms with Crippen LogP contribution >= 0.6 is 0 Å². The third kappa shape index (κ3) is 2.18. The number of aromatic hydroxyl groups is 1. The second-order valence-electron chi connectivity index (χ2n) is 8.38. The number of aliphatic hydroxyl groups excluding tert-OH is 2. The molecule has 2 saturated carbocycles. The van der Waals surface area contributed by atoms with Crippen molar-refractivity contribution in [1.82, 2.24) is 0 Å². The molecule has 0 spiro atoms. The van der Waals surface area contributed by atoms with Gasteiger partial charge in [0.15, 0.2) is 0 Å². The van der Waals surface area contributed by atoms with Crippen LogP contribution in [0.5, 0.6) is 5.75 Å². The molecule has 0 heterocycles. The van der Waals surface area contributed by atoms with Crippen molar-refractivity contribution >= 4 is 0 Å². The Morgan fingerprint density at radius 1 is 1.29 bits per heavy atom. The number of phenolic OH excluding ortho intramolecular Hbond substituents is 1. The van der Waals surface area contributed by atoms with Crippen LogP contribution < -0.4 is 0 Å². The van der Waals surface area contributed by atoms with Gasteiger partial charge < -0.3 is 15.3 Å². The van der Waals surface area contributed by atoms with Gasteiger partial charge in [-0.05, 0) is 84.5 Å². The van der Waals surface area contributed by atoms with Crippen molar-refractivity contribution in [3.8, 4) is 5.75 Å². The molecule has 24 heavy (non-hydrogen) atoms. The SMILES string of the molecule is C=CCc1cc2c(cc1O)CC[C@@H]1[C@@H]2CC[C@]2(C)[C@@H](O)[C@H](O)C[C@@H]12. The van der Waals surface area contributed by atoms with Crippen molar-refractivity contribution in [1.29, 1.82) is 0 Å². The van der Waals surface area contributed by atoms with Gasteiger partial charge in [-0.2, -0.15) is 0 Å². The Labute approximate surface area is 144 Å². The number of benzene rings is 1. The lowest BCUT2D eigenvalue weighted by atomic mass is 9.55. The molecule has 0 aliphatic heterocycles. The third-order valence-corrected chi connectivity index (χ3v) is 7.26. The van der Waals surface area contributed by atoms with Gasteiger partial charge in [-0.3, -0.25) is 0 Å². The number of rotatable bonds is 2. The van der Waals surface area contributed by atoms with Crippen LogP contribution in [0.25, 0.3) is 0 Å². The highest BCUT2D eigenvalue weighted by molar-refractivity contribution is 5.46. The molecule has 3 heteroatoms. The molecule has 1 aromatic rings. The summed E-state index contributed by atoms with van der Waals surface area (Å²) in [6, 6.07) is 4.14. The Balaban J connectivity index is 1.71. The van der Waals surface area contributed by atoms with Crippen molar-refractivity contribution in [2.45, 2.75) is 63.6 Å². The Morgan fingerprint density at radius 2 is 2.08 bits per heavy atom. The van der Waals surface area contributed by atoms with E-state index in [1.54, 1.807) is 0 Å². The fraction of sp³-hybridized carbons (Fsp3) is 0.619. The number of aryl methyl sites for hydroxylation is 1. The van der Waals surface area contributed by atoms with Gasteiger partial charge in [-0.1, -0.05) is 19.1 Å². The molecular weight excluding hydrogens is 300 g/mol. The lowest BCUT2D eigenvalue weighted by molar-refractivity contribution is -0.0505. The summed E-state index contributed by atoms with van der Waals surface area (Å²) in [7, 11) is 0. The lowest BCUT2D eigenvalue weighted by Crippen LogP contribution is -2.44. The van der Waals surface area contributed by atoms with Crippen LogP contribution in [0.1, 0.15) is 55.2 Å². The summed E-state index contributed by atoms with van der Waals surface area (Å²) in [5.41, 5.74) is 3.49. The quantitative estimate of drug-likeness (QED) is 0.730. The summed E-state index contributed by atoms with van der Waals surface area (Å²) in [5, 5.41) is 31.0. The molecule has 0 saturated heterocycles. The molecule has 3 N–H and O–H groups in total. The number of hydrogen-bond acceptors (Lipinski definition) is 3. The molecule has 3 aliphatic carbocycles. The molecule has 1 aromatic carbocycles. The van der Waals surface area contributed by atoms with E-state index in [9.17, 15) is 15.3 Å². The van der Waals surface area contributed by atoms with Crippen molar-refractivity contribution < 1.29 is 15.3 Å². The summed E-state index contributed by atoms with van der Waals surface area (Å²) in [4.78, 5) is 0. The van der Waals surface area contributed by atoms with E-state index in [2.05, 4.69) is 19.6 Å². The normalized spacial score (nSPS) is 40.5. The average Bonchev–Trinajstić information content (AvgIpc) is 2.79. The molecule has 130 valence electrons. The van der Waals surface area contributed by atoms with Gasteiger partial charge in [-0.25, -0.2) is 0 Å². The van der Waals surface area contributed by atoms with Crippen molar-refractivity contribution in [3.63, 3.8) is 0 Å². The fourth-order valence-corrected chi connectivity index (χ4v) is 5.96. The topological polar surface area (TPSA) is 60.7 Å². The highest BCUT2D eigenvalue weighted by Crippen LogP contribution is 2.61. The minimum atomic E-state index is -0.582. The first-order valence-corrected chi connectivity index (χ1v) is 9.27.